The van der Waals surface area contributed by atoms with Crippen LogP contribution in [-0.2, 0) is 0 Å². The Morgan fingerprint density at radius 3 is 2.43 bits per heavy atom. The molecular weight excluding hydrogens is 292 g/mol. The van der Waals surface area contributed by atoms with E-state index in [4.69, 9.17) is 16.7 Å². The van der Waals surface area contributed by atoms with Crippen LogP contribution in [0.15, 0.2) is 18.2 Å². The molecule has 2 rings (SSSR count). The van der Waals surface area contributed by atoms with Gasteiger partial charge in [0.15, 0.2) is 0 Å². The Balaban J connectivity index is 2.40. The maximum absolute atomic E-state index is 12.4. The van der Waals surface area contributed by atoms with Crippen LogP contribution >= 0.6 is 11.6 Å². The number of anilines is 1. The van der Waals surface area contributed by atoms with Crippen molar-refractivity contribution in [1.29, 1.82) is 0 Å². The fourth-order valence-electron chi connectivity index (χ4n) is 2.27. The molecule has 3 N–H and O–H groups in total. The molecule has 0 bridgehead atoms. The second-order valence-electron chi connectivity index (χ2n) is 4.82. The minimum Gasteiger partial charge on any atom is -0.477 e. The molecule has 0 aliphatic heterocycles. The smallest absolute Gasteiger partial charge is 0.352 e. The van der Waals surface area contributed by atoms with Crippen molar-refractivity contribution in [3.63, 3.8) is 0 Å². The summed E-state index contributed by atoms with van der Waals surface area (Å²) in [4.78, 5) is 26.2. The number of hydrogen-bond donors (Lipinski definition) is 3. The normalized spacial score (nSPS) is 10.5. The molecule has 5 nitrogen and oxygen atoms in total. The van der Waals surface area contributed by atoms with E-state index >= 15 is 0 Å². The van der Waals surface area contributed by atoms with Gasteiger partial charge >= 0.3 is 5.97 Å². The average molecular weight is 307 g/mol. The lowest BCUT2D eigenvalue weighted by Gasteiger charge is -2.10. The summed E-state index contributed by atoms with van der Waals surface area (Å²) in [6.45, 7) is 5.09. The zero-order valence-electron chi connectivity index (χ0n) is 11.9. The predicted molar refractivity (Wildman–Crippen MR) is 81.4 cm³/mol. The largest absolute Gasteiger partial charge is 0.477 e. The molecule has 110 valence electrons. The van der Waals surface area contributed by atoms with Crippen molar-refractivity contribution in [3.8, 4) is 0 Å². The number of carbonyl (C=O) groups is 2. The van der Waals surface area contributed by atoms with Gasteiger partial charge in [0.1, 0.15) is 5.69 Å². The first-order chi connectivity index (χ1) is 9.82. The highest BCUT2D eigenvalue weighted by Crippen LogP contribution is 2.27. The second kappa shape index (κ2) is 5.61. The molecule has 0 saturated carbocycles. The van der Waals surface area contributed by atoms with Crippen LogP contribution in [0, 0.1) is 20.8 Å². The van der Waals surface area contributed by atoms with Gasteiger partial charge in [0.2, 0.25) is 0 Å². The summed E-state index contributed by atoms with van der Waals surface area (Å²) < 4.78 is 0. The third kappa shape index (κ3) is 2.78. The van der Waals surface area contributed by atoms with E-state index in [1.165, 1.54) is 0 Å². The topological polar surface area (TPSA) is 82.2 Å². The van der Waals surface area contributed by atoms with Gasteiger partial charge in [0.25, 0.3) is 5.91 Å². The lowest BCUT2D eigenvalue weighted by Crippen LogP contribution is -2.15. The van der Waals surface area contributed by atoms with Crippen molar-refractivity contribution in [2.24, 2.45) is 0 Å². The van der Waals surface area contributed by atoms with E-state index in [0.29, 0.717) is 27.5 Å². The van der Waals surface area contributed by atoms with Crippen LogP contribution in [0.3, 0.4) is 0 Å². The predicted octanol–water partition coefficient (Wildman–Crippen LogP) is 3.54. The van der Waals surface area contributed by atoms with Gasteiger partial charge in [-0.25, -0.2) is 4.79 Å². The number of aromatic nitrogens is 1. The van der Waals surface area contributed by atoms with Gasteiger partial charge in [0, 0.05) is 5.69 Å². The summed E-state index contributed by atoms with van der Waals surface area (Å²) in [5, 5.41) is 12.3. The SMILES string of the molecule is Cc1cccc(Cl)c1NC(=O)c1c(C)[nH]c(C(=O)O)c1C. The number of carboxylic acids is 1. The molecule has 0 aliphatic carbocycles. The number of hydrogen-bond acceptors (Lipinski definition) is 2. The van der Waals surface area contributed by atoms with Crippen molar-refractivity contribution in [2.75, 3.05) is 5.32 Å². The molecule has 1 amide bonds. The van der Waals surface area contributed by atoms with Gasteiger partial charge in [-0.15, -0.1) is 0 Å². The molecule has 1 heterocycles. The highest BCUT2D eigenvalue weighted by Gasteiger charge is 2.22. The molecule has 2 aromatic rings. The number of benzene rings is 1. The van der Waals surface area contributed by atoms with Crippen molar-refractivity contribution in [1.82, 2.24) is 4.98 Å². The monoisotopic (exact) mass is 306 g/mol. The highest BCUT2D eigenvalue weighted by molar-refractivity contribution is 6.34. The minimum atomic E-state index is -1.09. The molecule has 0 radical (unpaired) electrons. The summed E-state index contributed by atoms with van der Waals surface area (Å²) in [5.74, 6) is -1.48. The number of para-hydroxylation sites is 1. The standard InChI is InChI=1S/C15H15ClN2O3/c1-7-5-4-6-10(16)12(7)18-14(19)11-8(2)13(15(20)21)17-9(11)3/h4-6,17H,1-3H3,(H,18,19)(H,20,21). The minimum absolute atomic E-state index is 0.0218. The second-order valence-corrected chi connectivity index (χ2v) is 5.22. The summed E-state index contributed by atoms with van der Waals surface area (Å²) in [5.41, 5.74) is 2.62. The van der Waals surface area contributed by atoms with Crippen LogP contribution in [-0.4, -0.2) is 22.0 Å². The Morgan fingerprint density at radius 2 is 1.90 bits per heavy atom. The van der Waals surface area contributed by atoms with Gasteiger partial charge in [-0.3, -0.25) is 4.79 Å². The number of amides is 1. The lowest BCUT2D eigenvalue weighted by atomic mass is 10.1. The summed E-state index contributed by atoms with van der Waals surface area (Å²) in [7, 11) is 0. The van der Waals surface area contributed by atoms with Crippen molar-refractivity contribution >= 4 is 29.2 Å². The number of rotatable bonds is 3. The van der Waals surface area contributed by atoms with Crippen LogP contribution in [0.5, 0.6) is 0 Å². The Labute approximate surface area is 126 Å². The van der Waals surface area contributed by atoms with Gasteiger partial charge in [0.05, 0.1) is 16.3 Å². The molecule has 0 saturated heterocycles. The Kier molecular flexibility index (Phi) is 4.04. The van der Waals surface area contributed by atoms with Crippen LogP contribution in [0.4, 0.5) is 5.69 Å². The van der Waals surface area contributed by atoms with E-state index in [1.54, 1.807) is 26.0 Å². The number of carbonyl (C=O) groups excluding carboxylic acids is 1. The molecule has 21 heavy (non-hydrogen) atoms. The third-order valence-electron chi connectivity index (χ3n) is 3.34. The van der Waals surface area contributed by atoms with E-state index in [2.05, 4.69) is 10.3 Å². The molecule has 0 aliphatic rings. The number of aromatic amines is 1. The summed E-state index contributed by atoms with van der Waals surface area (Å²) in [6, 6.07) is 5.31. The quantitative estimate of drug-likeness (QED) is 0.811. The number of carboxylic acid groups (broad SMARTS) is 1. The van der Waals surface area contributed by atoms with Crippen molar-refractivity contribution in [3.05, 3.63) is 51.3 Å². The van der Waals surface area contributed by atoms with E-state index in [9.17, 15) is 9.59 Å². The molecule has 1 aromatic carbocycles. The van der Waals surface area contributed by atoms with Crippen LogP contribution in [0.25, 0.3) is 0 Å². The van der Waals surface area contributed by atoms with Crippen molar-refractivity contribution < 1.29 is 14.7 Å². The van der Waals surface area contributed by atoms with Crippen LogP contribution in [0.1, 0.15) is 37.7 Å². The molecule has 1 aromatic heterocycles. The number of aryl methyl sites for hydroxylation is 2. The Morgan fingerprint density at radius 1 is 1.24 bits per heavy atom. The molecule has 0 fully saturated rings. The first-order valence-corrected chi connectivity index (χ1v) is 6.69. The van der Waals surface area contributed by atoms with E-state index < -0.39 is 5.97 Å². The average Bonchev–Trinajstić information content (AvgIpc) is 2.69. The van der Waals surface area contributed by atoms with E-state index in [0.717, 1.165) is 5.56 Å². The molecule has 0 unspecified atom stereocenters. The molecule has 0 atom stereocenters. The van der Waals surface area contributed by atoms with Gasteiger partial charge in [-0.05, 0) is 38.0 Å². The summed E-state index contributed by atoms with van der Waals surface area (Å²) in [6.07, 6.45) is 0. The van der Waals surface area contributed by atoms with Gasteiger partial charge in [-0.2, -0.15) is 0 Å². The first-order valence-electron chi connectivity index (χ1n) is 6.31. The highest BCUT2D eigenvalue weighted by atomic mass is 35.5. The number of halogens is 1. The van der Waals surface area contributed by atoms with Gasteiger partial charge < -0.3 is 15.4 Å². The maximum atomic E-state index is 12.4. The van der Waals surface area contributed by atoms with E-state index in [1.807, 2.05) is 13.0 Å². The Bertz CT molecular complexity index is 715. The zero-order valence-corrected chi connectivity index (χ0v) is 12.6. The van der Waals surface area contributed by atoms with Crippen LogP contribution < -0.4 is 5.32 Å². The van der Waals surface area contributed by atoms with E-state index in [-0.39, 0.29) is 11.6 Å². The zero-order chi connectivity index (χ0) is 15.7. The molecule has 0 spiro atoms. The van der Waals surface area contributed by atoms with Crippen LogP contribution in [0.2, 0.25) is 5.02 Å². The number of nitrogens with one attached hydrogen (secondary N) is 2. The maximum Gasteiger partial charge on any atom is 0.352 e. The fraction of sp³-hybridized carbons (Fsp3) is 0.200. The molecular formula is C15H15ClN2O3. The lowest BCUT2D eigenvalue weighted by molar-refractivity contribution is 0.0690. The third-order valence-corrected chi connectivity index (χ3v) is 3.65. The van der Waals surface area contributed by atoms with Crippen molar-refractivity contribution in [2.45, 2.75) is 20.8 Å². The summed E-state index contributed by atoms with van der Waals surface area (Å²) >= 11 is 6.08. The first kappa shape index (κ1) is 15.1. The van der Waals surface area contributed by atoms with Gasteiger partial charge in [-0.1, -0.05) is 23.7 Å². The fourth-order valence-corrected chi connectivity index (χ4v) is 2.54. The number of H-pyrrole nitrogens is 1. The molecule has 6 heteroatoms. The number of aromatic carboxylic acids is 1. The Hall–Kier alpha value is -2.27.